The summed E-state index contributed by atoms with van der Waals surface area (Å²) in [6.07, 6.45) is 1.58. The van der Waals surface area contributed by atoms with Crippen LogP contribution in [-0.4, -0.2) is 29.3 Å². The fraction of sp³-hybridized carbons (Fsp3) is 0.562. The minimum absolute atomic E-state index is 0.187. The Morgan fingerprint density at radius 1 is 1.35 bits per heavy atom. The average Bonchev–Trinajstić information content (AvgIpc) is 2.43. The number of rotatable bonds is 8. The summed E-state index contributed by atoms with van der Waals surface area (Å²) in [5, 5.41) is 12.8. The highest BCUT2D eigenvalue weighted by molar-refractivity contribution is 5.81. The van der Waals surface area contributed by atoms with E-state index in [2.05, 4.69) is 5.32 Å². The summed E-state index contributed by atoms with van der Waals surface area (Å²) in [7, 11) is 0. The van der Waals surface area contributed by atoms with Gasteiger partial charge in [0.1, 0.15) is 5.75 Å². The van der Waals surface area contributed by atoms with Crippen molar-refractivity contribution in [1.29, 1.82) is 0 Å². The Hall–Kier alpha value is -1.55. The molecule has 2 N–H and O–H groups in total. The molecule has 4 nitrogen and oxygen atoms in total. The lowest BCUT2D eigenvalue weighted by Crippen LogP contribution is -2.45. The molecule has 0 aromatic heterocycles. The van der Waals surface area contributed by atoms with Crippen molar-refractivity contribution in [3.63, 3.8) is 0 Å². The summed E-state index contributed by atoms with van der Waals surface area (Å²) in [5.41, 5.74) is -0.866. The number of carbonyl (C=O) groups is 1. The van der Waals surface area contributed by atoms with Crippen LogP contribution in [0.3, 0.4) is 0 Å². The van der Waals surface area contributed by atoms with Crippen molar-refractivity contribution in [3.8, 4) is 5.75 Å². The van der Waals surface area contributed by atoms with Gasteiger partial charge in [-0.25, -0.2) is 0 Å². The number of aliphatic hydroxyl groups is 1. The molecular formula is C16H25NO3. The number of ether oxygens (including phenoxy) is 1. The fourth-order valence-electron chi connectivity index (χ4n) is 2.00. The van der Waals surface area contributed by atoms with E-state index in [1.165, 1.54) is 0 Å². The molecule has 0 bridgehead atoms. The molecule has 0 saturated heterocycles. The highest BCUT2D eigenvalue weighted by Crippen LogP contribution is 2.13. The summed E-state index contributed by atoms with van der Waals surface area (Å²) in [6.45, 7) is 5.88. The van der Waals surface area contributed by atoms with Gasteiger partial charge in [-0.1, -0.05) is 38.5 Å². The summed E-state index contributed by atoms with van der Waals surface area (Å²) in [5.74, 6) is 0.488. The molecule has 0 saturated carbocycles. The van der Waals surface area contributed by atoms with E-state index in [9.17, 15) is 9.90 Å². The Kier molecular flexibility index (Phi) is 6.52. The van der Waals surface area contributed by atoms with Crippen LogP contribution >= 0.6 is 0 Å². The minimum Gasteiger partial charge on any atom is -0.481 e. The van der Waals surface area contributed by atoms with E-state index in [0.29, 0.717) is 18.6 Å². The number of hydrogen-bond donors (Lipinski definition) is 2. The average molecular weight is 279 g/mol. The summed E-state index contributed by atoms with van der Waals surface area (Å²) >= 11 is 0. The van der Waals surface area contributed by atoms with Crippen molar-refractivity contribution < 1.29 is 14.6 Å². The van der Waals surface area contributed by atoms with Gasteiger partial charge in [-0.05, 0) is 31.9 Å². The molecule has 0 heterocycles. The maximum absolute atomic E-state index is 12.1. The maximum Gasteiger partial charge on any atom is 0.261 e. The Balaban J connectivity index is 2.51. The third-order valence-electron chi connectivity index (χ3n) is 3.12. The van der Waals surface area contributed by atoms with Gasteiger partial charge in [-0.2, -0.15) is 0 Å². The molecule has 1 amide bonds. The van der Waals surface area contributed by atoms with E-state index >= 15 is 0 Å². The Morgan fingerprint density at radius 2 is 2.00 bits per heavy atom. The van der Waals surface area contributed by atoms with Gasteiger partial charge in [-0.15, -0.1) is 0 Å². The predicted octanol–water partition coefficient (Wildman–Crippen LogP) is 2.51. The largest absolute Gasteiger partial charge is 0.481 e. The van der Waals surface area contributed by atoms with Crippen LogP contribution in [0.25, 0.3) is 0 Å². The van der Waals surface area contributed by atoms with Crippen LogP contribution < -0.4 is 10.1 Å². The van der Waals surface area contributed by atoms with Gasteiger partial charge >= 0.3 is 0 Å². The number of nitrogens with one attached hydrogen (secondary N) is 1. The zero-order valence-electron chi connectivity index (χ0n) is 12.6. The normalized spacial score (nSPS) is 15.2. The molecule has 0 spiro atoms. The molecule has 1 aromatic rings. The molecule has 0 aliphatic carbocycles. The van der Waals surface area contributed by atoms with Gasteiger partial charge < -0.3 is 15.2 Å². The molecule has 1 aromatic carbocycles. The van der Waals surface area contributed by atoms with Gasteiger partial charge in [0, 0.05) is 6.54 Å². The van der Waals surface area contributed by atoms with Crippen molar-refractivity contribution in [2.24, 2.45) is 0 Å². The van der Waals surface area contributed by atoms with Crippen LogP contribution in [-0.2, 0) is 4.79 Å². The van der Waals surface area contributed by atoms with Crippen LogP contribution in [0.15, 0.2) is 30.3 Å². The van der Waals surface area contributed by atoms with Crippen LogP contribution in [0.2, 0.25) is 0 Å². The Bertz CT molecular complexity index is 403. The zero-order valence-corrected chi connectivity index (χ0v) is 12.6. The van der Waals surface area contributed by atoms with Gasteiger partial charge in [0.2, 0.25) is 0 Å². The number of hydrogen-bond acceptors (Lipinski definition) is 3. The van der Waals surface area contributed by atoms with Gasteiger partial charge in [0.05, 0.1) is 5.60 Å². The van der Waals surface area contributed by atoms with E-state index in [1.807, 2.05) is 44.2 Å². The summed E-state index contributed by atoms with van der Waals surface area (Å²) in [6, 6.07) is 9.28. The molecule has 1 rings (SSSR count). The summed E-state index contributed by atoms with van der Waals surface area (Å²) < 4.78 is 5.66. The standard InChI is InChI=1S/C16H25NO3/c1-4-11-16(3,19)12-17-15(18)14(5-2)20-13-9-7-6-8-10-13/h6-10,14,19H,4-5,11-12H2,1-3H3,(H,17,18). The first-order chi connectivity index (χ1) is 9.48. The highest BCUT2D eigenvalue weighted by atomic mass is 16.5. The number of carbonyl (C=O) groups excluding carboxylic acids is 1. The second-order valence-electron chi connectivity index (χ2n) is 5.29. The van der Waals surface area contributed by atoms with Crippen LogP contribution in [0.1, 0.15) is 40.0 Å². The molecule has 4 heteroatoms. The minimum atomic E-state index is -0.866. The quantitative estimate of drug-likeness (QED) is 0.768. The lowest BCUT2D eigenvalue weighted by atomic mass is 10.0. The van der Waals surface area contributed by atoms with Crippen molar-refractivity contribution in [3.05, 3.63) is 30.3 Å². The molecule has 0 aliphatic rings. The van der Waals surface area contributed by atoms with Gasteiger partial charge in [0.15, 0.2) is 6.10 Å². The van der Waals surface area contributed by atoms with E-state index in [0.717, 1.165) is 6.42 Å². The smallest absolute Gasteiger partial charge is 0.261 e. The van der Waals surface area contributed by atoms with E-state index in [1.54, 1.807) is 6.92 Å². The van der Waals surface area contributed by atoms with Crippen molar-refractivity contribution in [2.75, 3.05) is 6.54 Å². The Morgan fingerprint density at radius 3 is 2.55 bits per heavy atom. The number of amides is 1. The third kappa shape index (κ3) is 5.61. The van der Waals surface area contributed by atoms with Gasteiger partial charge in [0.25, 0.3) is 5.91 Å². The lowest BCUT2D eigenvalue weighted by molar-refractivity contribution is -0.129. The predicted molar refractivity (Wildman–Crippen MR) is 79.7 cm³/mol. The molecule has 2 unspecified atom stereocenters. The molecular weight excluding hydrogens is 254 g/mol. The number of benzene rings is 1. The second-order valence-corrected chi connectivity index (χ2v) is 5.29. The first kappa shape index (κ1) is 16.5. The van der Waals surface area contributed by atoms with Crippen molar-refractivity contribution in [1.82, 2.24) is 5.32 Å². The first-order valence-electron chi connectivity index (χ1n) is 7.20. The summed E-state index contributed by atoms with van der Waals surface area (Å²) in [4.78, 5) is 12.1. The highest BCUT2D eigenvalue weighted by Gasteiger charge is 2.23. The SMILES string of the molecule is CCCC(C)(O)CNC(=O)C(CC)Oc1ccccc1. The van der Waals surface area contributed by atoms with Crippen LogP contribution in [0, 0.1) is 0 Å². The molecule has 0 fully saturated rings. The van der Waals surface area contributed by atoms with Crippen molar-refractivity contribution in [2.45, 2.75) is 51.7 Å². The van der Waals surface area contributed by atoms with Crippen LogP contribution in [0.4, 0.5) is 0 Å². The number of para-hydroxylation sites is 1. The molecule has 112 valence electrons. The van der Waals surface area contributed by atoms with E-state index in [4.69, 9.17) is 4.74 Å². The van der Waals surface area contributed by atoms with Crippen LogP contribution in [0.5, 0.6) is 5.75 Å². The first-order valence-corrected chi connectivity index (χ1v) is 7.20. The molecule has 0 aliphatic heterocycles. The fourth-order valence-corrected chi connectivity index (χ4v) is 2.00. The van der Waals surface area contributed by atoms with Gasteiger partial charge in [-0.3, -0.25) is 4.79 Å². The lowest BCUT2D eigenvalue weighted by Gasteiger charge is -2.24. The maximum atomic E-state index is 12.1. The van der Waals surface area contributed by atoms with E-state index < -0.39 is 11.7 Å². The Labute approximate surface area is 121 Å². The van der Waals surface area contributed by atoms with E-state index in [-0.39, 0.29) is 12.5 Å². The van der Waals surface area contributed by atoms with Crippen molar-refractivity contribution >= 4 is 5.91 Å². The zero-order chi connectivity index (χ0) is 15.0. The molecule has 0 radical (unpaired) electrons. The molecule has 2 atom stereocenters. The second kappa shape index (κ2) is 7.90. The topological polar surface area (TPSA) is 58.6 Å². The third-order valence-corrected chi connectivity index (χ3v) is 3.12. The monoisotopic (exact) mass is 279 g/mol. The molecule has 20 heavy (non-hydrogen) atoms.